The van der Waals surface area contributed by atoms with Crippen molar-refractivity contribution in [2.75, 3.05) is 11.9 Å². The summed E-state index contributed by atoms with van der Waals surface area (Å²) in [6.45, 7) is 2.05. The molecule has 0 aliphatic rings. The molecule has 0 fully saturated rings. The minimum Gasteiger partial charge on any atom is -0.462 e. The first-order chi connectivity index (χ1) is 9.60. The Kier molecular flexibility index (Phi) is 4.14. The van der Waals surface area contributed by atoms with E-state index in [1.165, 1.54) is 6.20 Å². The fraction of sp³-hybridized carbons (Fsp3) is 0.214. The molecule has 0 aliphatic heterocycles. The highest BCUT2D eigenvalue weighted by molar-refractivity contribution is 6.04. The number of nitrogens with zero attached hydrogens (tertiary/aromatic N) is 2. The summed E-state index contributed by atoms with van der Waals surface area (Å²) in [5, 5.41) is 6.64. The highest BCUT2D eigenvalue weighted by Gasteiger charge is 2.10. The molecule has 0 saturated heterocycles. The number of hydrogen-bond donors (Lipinski definition) is 1. The lowest BCUT2D eigenvalue weighted by Crippen LogP contribution is -2.12. The van der Waals surface area contributed by atoms with Crippen LogP contribution >= 0.6 is 0 Å². The molecule has 1 aromatic heterocycles. The van der Waals surface area contributed by atoms with E-state index in [2.05, 4.69) is 10.4 Å². The zero-order chi connectivity index (χ0) is 14.5. The van der Waals surface area contributed by atoms with Gasteiger partial charge < -0.3 is 10.1 Å². The number of aryl methyl sites for hydroxylation is 1. The number of aromatic nitrogens is 2. The van der Waals surface area contributed by atoms with Crippen LogP contribution in [0.1, 0.15) is 27.6 Å². The van der Waals surface area contributed by atoms with Crippen LogP contribution in [0.25, 0.3) is 0 Å². The molecule has 0 spiro atoms. The minimum absolute atomic E-state index is 0.279. The number of nitrogens with one attached hydrogen (secondary N) is 1. The molecular formula is C14H15N3O3. The number of esters is 1. The van der Waals surface area contributed by atoms with E-state index in [0.717, 1.165) is 0 Å². The van der Waals surface area contributed by atoms with Gasteiger partial charge in [0.1, 0.15) is 0 Å². The van der Waals surface area contributed by atoms with Gasteiger partial charge in [0.05, 0.1) is 23.9 Å². The lowest BCUT2D eigenvalue weighted by Gasteiger charge is -2.06. The number of amides is 1. The van der Waals surface area contributed by atoms with Crippen molar-refractivity contribution in [1.82, 2.24) is 9.78 Å². The summed E-state index contributed by atoms with van der Waals surface area (Å²) in [5.41, 5.74) is 1.38. The number of carbonyl (C=O) groups is 2. The quantitative estimate of drug-likeness (QED) is 0.863. The van der Waals surface area contributed by atoms with Crippen LogP contribution in [0.15, 0.2) is 36.7 Å². The van der Waals surface area contributed by atoms with Crippen LogP contribution in [-0.4, -0.2) is 28.3 Å². The van der Waals surface area contributed by atoms with Crippen LogP contribution in [0.5, 0.6) is 0 Å². The summed E-state index contributed by atoms with van der Waals surface area (Å²) >= 11 is 0. The molecule has 0 unspecified atom stereocenters. The van der Waals surface area contributed by atoms with E-state index < -0.39 is 5.97 Å². The Hall–Kier alpha value is -2.63. The molecule has 1 heterocycles. The van der Waals surface area contributed by atoms with Gasteiger partial charge in [-0.3, -0.25) is 9.48 Å². The van der Waals surface area contributed by atoms with Crippen molar-refractivity contribution in [3.8, 4) is 0 Å². The Morgan fingerprint density at radius 2 is 2.15 bits per heavy atom. The zero-order valence-electron chi connectivity index (χ0n) is 11.3. The summed E-state index contributed by atoms with van der Waals surface area (Å²) in [5.74, 6) is -0.691. The van der Waals surface area contributed by atoms with Crippen LogP contribution in [0, 0.1) is 0 Å². The second-order valence-electron chi connectivity index (χ2n) is 4.16. The van der Waals surface area contributed by atoms with Gasteiger partial charge in [0.15, 0.2) is 0 Å². The molecule has 0 radical (unpaired) electrons. The Bertz CT molecular complexity index is 634. The molecule has 2 rings (SSSR count). The monoisotopic (exact) mass is 273 g/mol. The lowest BCUT2D eigenvalue weighted by molar-refractivity contribution is 0.0526. The number of hydrogen-bond acceptors (Lipinski definition) is 4. The first kappa shape index (κ1) is 13.8. The standard InChI is InChI=1S/C14H15N3O3/c1-3-20-14(19)10-5-4-6-12(7-10)16-13(18)11-8-15-17(2)9-11/h4-9H,3H2,1-2H3,(H,16,18). The maximum absolute atomic E-state index is 12.0. The van der Waals surface area contributed by atoms with Crippen molar-refractivity contribution in [3.63, 3.8) is 0 Å². The molecule has 104 valence electrons. The summed E-state index contributed by atoms with van der Waals surface area (Å²) < 4.78 is 6.46. The van der Waals surface area contributed by atoms with E-state index >= 15 is 0 Å². The van der Waals surface area contributed by atoms with Gasteiger partial charge in [-0.1, -0.05) is 6.07 Å². The molecular weight excluding hydrogens is 258 g/mol. The first-order valence-electron chi connectivity index (χ1n) is 6.17. The number of benzene rings is 1. The first-order valence-corrected chi connectivity index (χ1v) is 6.17. The Labute approximate surface area is 116 Å². The predicted molar refractivity (Wildman–Crippen MR) is 73.6 cm³/mol. The summed E-state index contributed by atoms with van der Waals surface area (Å²) in [7, 11) is 1.73. The molecule has 2 aromatic rings. The van der Waals surface area contributed by atoms with Crippen molar-refractivity contribution in [3.05, 3.63) is 47.8 Å². The van der Waals surface area contributed by atoms with Gasteiger partial charge >= 0.3 is 5.97 Å². The third-order valence-electron chi connectivity index (χ3n) is 2.60. The largest absolute Gasteiger partial charge is 0.462 e. The Balaban J connectivity index is 2.12. The fourth-order valence-corrected chi connectivity index (χ4v) is 1.68. The molecule has 20 heavy (non-hydrogen) atoms. The average Bonchev–Trinajstić information content (AvgIpc) is 2.86. The van der Waals surface area contributed by atoms with Crippen LogP contribution in [0.3, 0.4) is 0 Å². The third kappa shape index (κ3) is 3.23. The maximum Gasteiger partial charge on any atom is 0.338 e. The van der Waals surface area contributed by atoms with E-state index in [1.807, 2.05) is 0 Å². The summed E-state index contributed by atoms with van der Waals surface area (Å²) in [4.78, 5) is 23.6. The third-order valence-corrected chi connectivity index (χ3v) is 2.60. The molecule has 1 N–H and O–H groups in total. The fourth-order valence-electron chi connectivity index (χ4n) is 1.68. The van der Waals surface area contributed by atoms with Crippen LogP contribution in [-0.2, 0) is 11.8 Å². The van der Waals surface area contributed by atoms with E-state index in [1.54, 1.807) is 49.1 Å². The maximum atomic E-state index is 12.0. The molecule has 6 nitrogen and oxygen atoms in total. The van der Waals surface area contributed by atoms with Crippen molar-refractivity contribution >= 4 is 17.6 Å². The molecule has 1 aromatic carbocycles. The minimum atomic E-state index is -0.412. The van der Waals surface area contributed by atoms with Crippen LogP contribution in [0.4, 0.5) is 5.69 Å². The second-order valence-corrected chi connectivity index (χ2v) is 4.16. The Morgan fingerprint density at radius 3 is 2.80 bits per heavy atom. The van der Waals surface area contributed by atoms with Crippen molar-refractivity contribution in [2.24, 2.45) is 7.05 Å². The van der Waals surface area contributed by atoms with E-state index in [4.69, 9.17) is 4.74 Å². The van der Waals surface area contributed by atoms with Gasteiger partial charge in [0.25, 0.3) is 5.91 Å². The molecule has 0 aliphatic carbocycles. The van der Waals surface area contributed by atoms with Gasteiger partial charge in [-0.15, -0.1) is 0 Å². The Morgan fingerprint density at radius 1 is 1.35 bits per heavy atom. The van der Waals surface area contributed by atoms with Gasteiger partial charge in [0, 0.05) is 18.9 Å². The molecule has 0 saturated carbocycles. The summed E-state index contributed by atoms with van der Waals surface area (Å²) in [6, 6.07) is 6.60. The number of rotatable bonds is 4. The number of ether oxygens (including phenoxy) is 1. The van der Waals surface area contributed by atoms with E-state index in [0.29, 0.717) is 23.4 Å². The highest BCUT2D eigenvalue weighted by atomic mass is 16.5. The van der Waals surface area contributed by atoms with E-state index in [-0.39, 0.29) is 5.91 Å². The lowest BCUT2D eigenvalue weighted by atomic mass is 10.2. The zero-order valence-corrected chi connectivity index (χ0v) is 11.3. The SMILES string of the molecule is CCOC(=O)c1cccc(NC(=O)c2cnn(C)c2)c1. The summed E-state index contributed by atoms with van der Waals surface area (Å²) in [6.07, 6.45) is 3.09. The second kappa shape index (κ2) is 6.01. The van der Waals surface area contributed by atoms with Gasteiger partial charge in [-0.2, -0.15) is 5.10 Å². The van der Waals surface area contributed by atoms with Gasteiger partial charge in [-0.25, -0.2) is 4.79 Å². The highest BCUT2D eigenvalue weighted by Crippen LogP contribution is 2.13. The van der Waals surface area contributed by atoms with Crippen LogP contribution in [0.2, 0.25) is 0 Å². The normalized spacial score (nSPS) is 10.1. The molecule has 6 heteroatoms. The topological polar surface area (TPSA) is 73.2 Å². The van der Waals surface area contributed by atoms with Crippen molar-refractivity contribution < 1.29 is 14.3 Å². The van der Waals surface area contributed by atoms with Crippen LogP contribution < -0.4 is 5.32 Å². The molecule has 0 bridgehead atoms. The predicted octanol–water partition coefficient (Wildman–Crippen LogP) is 1.85. The number of anilines is 1. The molecule has 1 amide bonds. The van der Waals surface area contributed by atoms with Crippen molar-refractivity contribution in [1.29, 1.82) is 0 Å². The molecule has 0 atom stereocenters. The average molecular weight is 273 g/mol. The number of carbonyl (C=O) groups excluding carboxylic acids is 2. The van der Waals surface area contributed by atoms with Gasteiger partial charge in [0.2, 0.25) is 0 Å². The van der Waals surface area contributed by atoms with Gasteiger partial charge in [-0.05, 0) is 25.1 Å². The van der Waals surface area contributed by atoms with E-state index in [9.17, 15) is 9.59 Å². The van der Waals surface area contributed by atoms with Crippen molar-refractivity contribution in [2.45, 2.75) is 6.92 Å². The smallest absolute Gasteiger partial charge is 0.338 e.